The van der Waals surface area contributed by atoms with E-state index in [0.717, 1.165) is 5.56 Å². The van der Waals surface area contributed by atoms with E-state index < -0.39 is 11.7 Å². The van der Waals surface area contributed by atoms with E-state index in [0.29, 0.717) is 29.1 Å². The van der Waals surface area contributed by atoms with Crippen molar-refractivity contribution >= 4 is 34.6 Å². The van der Waals surface area contributed by atoms with Crippen molar-refractivity contribution in [2.45, 2.75) is 19.4 Å². The minimum absolute atomic E-state index is 0.0424. The van der Waals surface area contributed by atoms with Gasteiger partial charge in [0.25, 0.3) is 5.91 Å². The van der Waals surface area contributed by atoms with Gasteiger partial charge in [-0.05, 0) is 36.2 Å². The maximum Gasteiger partial charge on any atom is 0.419 e. The summed E-state index contributed by atoms with van der Waals surface area (Å²) in [5.74, 6) is -1.49. The first-order chi connectivity index (χ1) is 13.5. The number of hydrogen-bond donors (Lipinski definition) is 1. The molecule has 0 unspecified atom stereocenters. The first-order valence-electron chi connectivity index (χ1n) is 8.78. The summed E-state index contributed by atoms with van der Waals surface area (Å²) >= 11 is 5.91. The van der Waals surface area contributed by atoms with Gasteiger partial charge in [0.15, 0.2) is 12.2 Å². The molecule has 0 aliphatic heterocycles. The Labute approximate surface area is 165 Å². The van der Waals surface area contributed by atoms with E-state index in [2.05, 4.69) is 5.32 Å². The van der Waals surface area contributed by atoms with Crippen molar-refractivity contribution in [2.75, 3.05) is 13.2 Å². The number of carbonyl (C=O) groups is 2. The number of ether oxygens (including phenoxy) is 1. The Bertz CT molecular complexity index is 1040. The zero-order valence-corrected chi connectivity index (χ0v) is 15.8. The van der Waals surface area contributed by atoms with Crippen LogP contribution in [0.5, 0.6) is 0 Å². The molecule has 1 amide bonds. The fraction of sp³-hybridized carbons (Fsp3) is 0.250. The monoisotopic (exact) mass is 402 g/mol. The maximum atomic E-state index is 11.9. The first kappa shape index (κ1) is 19.7. The van der Waals surface area contributed by atoms with Crippen LogP contribution in [0.2, 0.25) is 5.02 Å². The lowest BCUT2D eigenvalue weighted by molar-refractivity contribution is -0.148. The summed E-state index contributed by atoms with van der Waals surface area (Å²) in [6.07, 6.45) is 0.579. The van der Waals surface area contributed by atoms with Crippen LogP contribution in [0.3, 0.4) is 0 Å². The Hall–Kier alpha value is -3.06. The van der Waals surface area contributed by atoms with E-state index >= 15 is 0 Å². The predicted molar refractivity (Wildman–Crippen MR) is 104 cm³/mol. The number of aromatic nitrogens is 1. The van der Waals surface area contributed by atoms with Crippen molar-refractivity contribution in [1.29, 1.82) is 0 Å². The van der Waals surface area contributed by atoms with Crippen LogP contribution >= 0.6 is 11.6 Å². The molecule has 1 N–H and O–H groups in total. The van der Waals surface area contributed by atoms with Crippen LogP contribution in [-0.2, 0) is 27.3 Å². The second-order valence-corrected chi connectivity index (χ2v) is 6.56. The smallest absolute Gasteiger partial charge is 0.419 e. The molecule has 3 rings (SSSR count). The molecular formula is C20H19ClN2O5. The largest absolute Gasteiger partial charge is 0.456 e. The van der Waals surface area contributed by atoms with Gasteiger partial charge >= 0.3 is 11.7 Å². The molecule has 0 aliphatic rings. The maximum absolute atomic E-state index is 11.9. The topological polar surface area (TPSA) is 90.5 Å². The number of halogens is 1. The third kappa shape index (κ3) is 5.23. The number of benzene rings is 2. The number of hydrogen-bond acceptors (Lipinski definition) is 5. The van der Waals surface area contributed by atoms with E-state index in [1.807, 2.05) is 18.2 Å². The molecule has 0 bridgehead atoms. The highest BCUT2D eigenvalue weighted by Crippen LogP contribution is 2.12. The zero-order valence-electron chi connectivity index (χ0n) is 15.0. The molecule has 1 aromatic heterocycles. The summed E-state index contributed by atoms with van der Waals surface area (Å²) in [6.45, 7) is 0.160. The SMILES string of the molecule is O=C(COC(=O)CCn1c(=O)oc2ccccc21)NCCc1cccc(Cl)c1. The molecule has 0 saturated heterocycles. The average molecular weight is 403 g/mol. The predicted octanol–water partition coefficient (Wildman–Crippen LogP) is 2.54. The van der Waals surface area contributed by atoms with Crippen LogP contribution in [0.15, 0.2) is 57.7 Å². The van der Waals surface area contributed by atoms with Gasteiger partial charge in [0.1, 0.15) is 0 Å². The fourth-order valence-corrected chi connectivity index (χ4v) is 2.95. The van der Waals surface area contributed by atoms with Gasteiger partial charge < -0.3 is 14.5 Å². The third-order valence-corrected chi connectivity index (χ3v) is 4.34. The number of amides is 1. The highest BCUT2D eigenvalue weighted by molar-refractivity contribution is 6.30. The van der Waals surface area contributed by atoms with Gasteiger partial charge in [0.05, 0.1) is 11.9 Å². The number of esters is 1. The van der Waals surface area contributed by atoms with Gasteiger partial charge in [0.2, 0.25) is 0 Å². The normalized spacial score (nSPS) is 10.8. The number of nitrogens with one attached hydrogen (secondary N) is 1. The Balaban J connectivity index is 1.39. The zero-order chi connectivity index (χ0) is 19.9. The van der Waals surface area contributed by atoms with Crippen molar-refractivity contribution in [1.82, 2.24) is 9.88 Å². The Morgan fingerprint density at radius 1 is 1.14 bits per heavy atom. The lowest BCUT2D eigenvalue weighted by Gasteiger charge is -2.07. The third-order valence-electron chi connectivity index (χ3n) is 4.10. The van der Waals surface area contributed by atoms with Crippen molar-refractivity contribution < 1.29 is 18.7 Å². The van der Waals surface area contributed by atoms with Crippen molar-refractivity contribution in [2.24, 2.45) is 0 Å². The molecule has 0 spiro atoms. The van der Waals surface area contributed by atoms with E-state index in [9.17, 15) is 14.4 Å². The van der Waals surface area contributed by atoms with Gasteiger partial charge in [-0.15, -0.1) is 0 Å². The molecule has 0 saturated carbocycles. The number of para-hydroxylation sites is 2. The Morgan fingerprint density at radius 3 is 2.79 bits per heavy atom. The molecule has 146 valence electrons. The molecule has 0 atom stereocenters. The van der Waals surface area contributed by atoms with Crippen LogP contribution in [-0.4, -0.2) is 29.6 Å². The molecule has 0 fully saturated rings. The molecular weight excluding hydrogens is 384 g/mol. The van der Waals surface area contributed by atoms with Crippen LogP contribution < -0.4 is 11.1 Å². The fourth-order valence-electron chi connectivity index (χ4n) is 2.74. The van der Waals surface area contributed by atoms with Crippen molar-refractivity contribution in [3.05, 3.63) is 69.7 Å². The molecule has 7 nitrogen and oxygen atoms in total. The quantitative estimate of drug-likeness (QED) is 0.585. The summed E-state index contributed by atoms with van der Waals surface area (Å²) in [7, 11) is 0. The second-order valence-electron chi connectivity index (χ2n) is 6.13. The number of fused-ring (bicyclic) bond motifs is 1. The van der Waals surface area contributed by atoms with E-state index in [4.69, 9.17) is 20.8 Å². The lowest BCUT2D eigenvalue weighted by atomic mass is 10.1. The molecule has 28 heavy (non-hydrogen) atoms. The van der Waals surface area contributed by atoms with E-state index in [1.54, 1.807) is 30.3 Å². The Kier molecular flexibility index (Phi) is 6.49. The highest BCUT2D eigenvalue weighted by atomic mass is 35.5. The second kappa shape index (κ2) is 9.23. The van der Waals surface area contributed by atoms with E-state index in [-0.39, 0.29) is 25.5 Å². The number of carbonyl (C=O) groups excluding carboxylic acids is 2. The number of rotatable bonds is 8. The Morgan fingerprint density at radius 2 is 1.96 bits per heavy atom. The minimum Gasteiger partial charge on any atom is -0.456 e. The highest BCUT2D eigenvalue weighted by Gasteiger charge is 2.12. The summed E-state index contributed by atoms with van der Waals surface area (Å²) < 4.78 is 11.4. The molecule has 8 heteroatoms. The molecule has 3 aromatic rings. The van der Waals surface area contributed by atoms with E-state index in [1.165, 1.54) is 4.57 Å². The molecule has 2 aromatic carbocycles. The summed E-state index contributed by atoms with van der Waals surface area (Å²) in [5, 5.41) is 3.32. The van der Waals surface area contributed by atoms with Gasteiger partial charge in [-0.25, -0.2) is 4.79 Å². The van der Waals surface area contributed by atoms with Crippen LogP contribution in [0.1, 0.15) is 12.0 Å². The van der Waals surface area contributed by atoms with Crippen LogP contribution in [0.25, 0.3) is 11.1 Å². The molecule has 0 radical (unpaired) electrons. The average Bonchev–Trinajstić information content (AvgIpc) is 3.00. The number of oxazole rings is 1. The van der Waals surface area contributed by atoms with Crippen LogP contribution in [0, 0.1) is 0 Å². The van der Waals surface area contributed by atoms with Crippen LogP contribution in [0.4, 0.5) is 0 Å². The first-order valence-corrected chi connectivity index (χ1v) is 9.16. The van der Waals surface area contributed by atoms with Crippen molar-refractivity contribution in [3.8, 4) is 0 Å². The number of nitrogens with zero attached hydrogens (tertiary/aromatic N) is 1. The van der Waals surface area contributed by atoms with Gasteiger partial charge in [-0.2, -0.15) is 0 Å². The van der Waals surface area contributed by atoms with Gasteiger partial charge in [0, 0.05) is 18.1 Å². The molecule has 1 heterocycles. The standard InChI is InChI=1S/C20H19ClN2O5/c21-15-5-3-4-14(12-15)8-10-22-18(24)13-27-19(25)9-11-23-16-6-1-2-7-17(16)28-20(23)26/h1-7,12H,8-11,13H2,(H,22,24). The minimum atomic E-state index is -0.567. The van der Waals surface area contributed by atoms with Gasteiger partial charge in [-0.3, -0.25) is 14.2 Å². The lowest BCUT2D eigenvalue weighted by Crippen LogP contribution is -2.30. The summed E-state index contributed by atoms with van der Waals surface area (Å²) in [6, 6.07) is 14.3. The van der Waals surface area contributed by atoms with Gasteiger partial charge in [-0.1, -0.05) is 35.9 Å². The number of aryl methyl sites for hydroxylation is 1. The van der Waals surface area contributed by atoms with Crippen molar-refractivity contribution in [3.63, 3.8) is 0 Å². The summed E-state index contributed by atoms with van der Waals surface area (Å²) in [4.78, 5) is 35.5. The summed E-state index contributed by atoms with van der Waals surface area (Å²) in [5.41, 5.74) is 2.07. The molecule has 0 aliphatic carbocycles.